The van der Waals surface area contributed by atoms with Gasteiger partial charge in [0, 0.05) is 18.5 Å². The Morgan fingerprint density at radius 2 is 1.89 bits per heavy atom. The van der Waals surface area contributed by atoms with Crippen molar-refractivity contribution in [3.8, 4) is 11.8 Å². The lowest BCUT2D eigenvalue weighted by Crippen LogP contribution is -2.29. The number of amides is 1. The number of thioether (sulfide) groups is 2. The third kappa shape index (κ3) is 4.53. The van der Waals surface area contributed by atoms with Gasteiger partial charge in [-0.1, -0.05) is 42.1 Å². The van der Waals surface area contributed by atoms with E-state index in [-0.39, 0.29) is 11.7 Å². The van der Waals surface area contributed by atoms with Crippen LogP contribution in [0.25, 0.3) is 0 Å². The molecule has 9 heteroatoms. The highest BCUT2D eigenvalue weighted by atomic mass is 32.2. The second-order valence-corrected chi connectivity index (χ2v) is 10.2. The molecular formula is C27H23N5O2S2. The maximum atomic E-state index is 13.7. The smallest absolute Gasteiger partial charge is 0.269 e. The molecule has 2 aliphatic rings. The van der Waals surface area contributed by atoms with Crippen molar-refractivity contribution in [2.24, 2.45) is 4.99 Å². The van der Waals surface area contributed by atoms with E-state index in [4.69, 9.17) is 4.99 Å². The van der Waals surface area contributed by atoms with Crippen LogP contribution in [0, 0.1) is 11.3 Å². The Morgan fingerprint density at radius 3 is 2.64 bits per heavy atom. The number of nitriles is 1. The molecule has 180 valence electrons. The Labute approximate surface area is 218 Å². The number of phenolic OH excluding ortho intramolecular Hbond substituents is 1. The quantitative estimate of drug-likeness (QED) is 0.412. The minimum absolute atomic E-state index is 0.126. The molecule has 2 heterocycles. The number of anilines is 2. The largest absolute Gasteiger partial charge is 0.508 e. The van der Waals surface area contributed by atoms with Crippen molar-refractivity contribution in [3.05, 3.63) is 87.8 Å². The van der Waals surface area contributed by atoms with Crippen LogP contribution in [0.2, 0.25) is 0 Å². The average Bonchev–Trinajstić information content (AvgIpc) is 3.36. The molecule has 36 heavy (non-hydrogen) atoms. The number of aliphatic imine (C=N–C) groups is 1. The topological polar surface area (TPSA) is 92.0 Å². The average molecular weight is 514 g/mol. The van der Waals surface area contributed by atoms with E-state index in [1.807, 2.05) is 67.4 Å². The van der Waals surface area contributed by atoms with Crippen LogP contribution in [0.4, 0.5) is 17.1 Å². The third-order valence-electron chi connectivity index (χ3n) is 5.77. The molecule has 3 aromatic carbocycles. The summed E-state index contributed by atoms with van der Waals surface area (Å²) < 4.78 is 0. The number of benzene rings is 3. The fraction of sp³-hybridized carbons (Fsp3) is 0.148. The number of carbonyl (C=O) groups is 1. The summed E-state index contributed by atoms with van der Waals surface area (Å²) in [5.41, 5.74) is 3.79. The fourth-order valence-electron chi connectivity index (χ4n) is 4.01. The van der Waals surface area contributed by atoms with Gasteiger partial charge >= 0.3 is 0 Å². The van der Waals surface area contributed by atoms with Crippen LogP contribution in [0.1, 0.15) is 18.1 Å². The molecule has 0 saturated carbocycles. The van der Waals surface area contributed by atoms with Crippen LogP contribution in [0.15, 0.2) is 86.6 Å². The van der Waals surface area contributed by atoms with Crippen LogP contribution in [0.3, 0.4) is 0 Å². The van der Waals surface area contributed by atoms with E-state index in [9.17, 15) is 15.2 Å². The van der Waals surface area contributed by atoms with Gasteiger partial charge < -0.3 is 15.3 Å². The van der Waals surface area contributed by atoms with Gasteiger partial charge in [-0.3, -0.25) is 9.69 Å². The molecule has 5 rings (SSSR count). The first-order valence-electron chi connectivity index (χ1n) is 11.4. The standard InChI is InChI=1S/C27H23N5O2S2/c1-3-29-21-11-9-19(13-18(21)15-28)30-27-32(16-17-7-5-4-6-8-17)25(34)24(36-27)26-31(2)22-12-10-20(33)14-23(22)35-26/h4-14,29,33H,3,16H2,1-2H3/b26-24+,30-27?. The minimum atomic E-state index is -0.126. The molecule has 0 aliphatic carbocycles. The molecule has 0 spiro atoms. The van der Waals surface area contributed by atoms with Crippen molar-refractivity contribution in [1.82, 2.24) is 4.90 Å². The predicted octanol–water partition coefficient (Wildman–Crippen LogP) is 5.87. The molecule has 0 radical (unpaired) electrons. The van der Waals surface area contributed by atoms with E-state index in [2.05, 4.69) is 11.4 Å². The van der Waals surface area contributed by atoms with E-state index >= 15 is 0 Å². The molecular weight excluding hydrogens is 490 g/mol. The Hall–Kier alpha value is -3.87. The number of carbonyl (C=O) groups excluding carboxylic acids is 1. The predicted molar refractivity (Wildman–Crippen MR) is 146 cm³/mol. The van der Waals surface area contributed by atoms with Crippen molar-refractivity contribution in [1.29, 1.82) is 5.26 Å². The first-order chi connectivity index (χ1) is 17.5. The summed E-state index contributed by atoms with van der Waals surface area (Å²) in [4.78, 5) is 23.7. The van der Waals surface area contributed by atoms with Gasteiger partial charge in [-0.05, 0) is 60.6 Å². The number of hydrogen-bond acceptors (Lipinski definition) is 8. The maximum Gasteiger partial charge on any atom is 0.269 e. The zero-order valence-corrected chi connectivity index (χ0v) is 21.4. The molecule has 2 N–H and O–H groups in total. The Kier molecular flexibility index (Phi) is 6.63. The first kappa shape index (κ1) is 23.9. The summed E-state index contributed by atoms with van der Waals surface area (Å²) in [5, 5.41) is 24.1. The second kappa shape index (κ2) is 10.0. The van der Waals surface area contributed by atoms with Gasteiger partial charge in [0.25, 0.3) is 5.91 Å². The zero-order valence-electron chi connectivity index (χ0n) is 19.7. The highest BCUT2D eigenvalue weighted by Gasteiger charge is 2.39. The lowest BCUT2D eigenvalue weighted by atomic mass is 10.1. The summed E-state index contributed by atoms with van der Waals surface area (Å²) >= 11 is 2.79. The Balaban J connectivity index is 1.55. The fourth-order valence-corrected chi connectivity index (χ4v) is 6.39. The number of aromatic hydroxyl groups is 1. The summed E-state index contributed by atoms with van der Waals surface area (Å²) in [6.07, 6.45) is 0. The van der Waals surface area contributed by atoms with E-state index < -0.39 is 0 Å². The molecule has 0 atom stereocenters. The normalized spacial score (nSPS) is 18.0. The lowest BCUT2D eigenvalue weighted by Gasteiger charge is -2.17. The van der Waals surface area contributed by atoms with Crippen molar-refractivity contribution in [3.63, 3.8) is 0 Å². The number of nitrogens with one attached hydrogen (secondary N) is 1. The molecule has 2 aliphatic heterocycles. The van der Waals surface area contributed by atoms with Crippen molar-refractivity contribution >= 4 is 51.7 Å². The zero-order chi connectivity index (χ0) is 25.2. The summed E-state index contributed by atoms with van der Waals surface area (Å²) in [7, 11) is 1.92. The van der Waals surface area contributed by atoms with Crippen molar-refractivity contribution in [2.45, 2.75) is 18.4 Å². The van der Waals surface area contributed by atoms with E-state index in [1.54, 1.807) is 23.1 Å². The molecule has 7 nitrogen and oxygen atoms in total. The highest BCUT2D eigenvalue weighted by Crippen LogP contribution is 2.51. The number of hydrogen-bond donors (Lipinski definition) is 2. The molecule has 0 unspecified atom stereocenters. The van der Waals surface area contributed by atoms with Gasteiger partial charge in [0.2, 0.25) is 0 Å². The monoisotopic (exact) mass is 513 g/mol. The van der Waals surface area contributed by atoms with Gasteiger partial charge in [0.05, 0.1) is 34.2 Å². The number of fused-ring (bicyclic) bond motifs is 1. The maximum absolute atomic E-state index is 13.7. The van der Waals surface area contributed by atoms with Crippen LogP contribution in [-0.4, -0.2) is 34.7 Å². The van der Waals surface area contributed by atoms with E-state index in [0.29, 0.717) is 34.4 Å². The second-order valence-electron chi connectivity index (χ2n) is 8.19. The van der Waals surface area contributed by atoms with Crippen LogP contribution >= 0.6 is 23.5 Å². The third-order valence-corrected chi connectivity index (χ3v) is 8.19. The van der Waals surface area contributed by atoms with Gasteiger partial charge in [-0.2, -0.15) is 5.26 Å². The SMILES string of the molecule is CCNc1ccc(N=C2S/C(=C3/Sc4cc(O)ccc4N3C)C(=O)N2Cc2ccccc2)cc1C#N. The summed E-state index contributed by atoms with van der Waals surface area (Å²) in [6, 6.07) is 22.6. The number of rotatable bonds is 5. The van der Waals surface area contributed by atoms with Crippen LogP contribution < -0.4 is 10.2 Å². The van der Waals surface area contributed by atoms with Crippen LogP contribution in [0.5, 0.6) is 5.75 Å². The van der Waals surface area contributed by atoms with Crippen molar-refractivity contribution < 1.29 is 9.90 Å². The molecule has 3 aromatic rings. The van der Waals surface area contributed by atoms with Crippen molar-refractivity contribution in [2.75, 3.05) is 23.8 Å². The first-order valence-corrected chi connectivity index (χ1v) is 13.0. The lowest BCUT2D eigenvalue weighted by molar-refractivity contribution is -0.122. The van der Waals surface area contributed by atoms with Gasteiger partial charge in [0.1, 0.15) is 16.7 Å². The molecule has 1 saturated heterocycles. The Bertz CT molecular complexity index is 1450. The highest BCUT2D eigenvalue weighted by molar-refractivity contribution is 8.19. The van der Waals surface area contributed by atoms with Gasteiger partial charge in [0.15, 0.2) is 5.17 Å². The summed E-state index contributed by atoms with van der Waals surface area (Å²) in [5.74, 6) is 0.0623. The molecule has 1 amide bonds. The van der Waals surface area contributed by atoms with Gasteiger partial charge in [-0.25, -0.2) is 4.99 Å². The molecule has 0 aromatic heterocycles. The number of nitrogens with zero attached hydrogens (tertiary/aromatic N) is 4. The molecule has 0 bridgehead atoms. The Morgan fingerprint density at radius 1 is 1.08 bits per heavy atom. The van der Waals surface area contributed by atoms with E-state index in [0.717, 1.165) is 26.9 Å². The van der Waals surface area contributed by atoms with Gasteiger partial charge in [-0.15, -0.1) is 0 Å². The van der Waals surface area contributed by atoms with Crippen LogP contribution in [-0.2, 0) is 11.3 Å². The minimum Gasteiger partial charge on any atom is -0.508 e. The summed E-state index contributed by atoms with van der Waals surface area (Å²) in [6.45, 7) is 3.06. The number of amidine groups is 1. The number of phenols is 1. The molecule has 1 fully saturated rings. The van der Waals surface area contributed by atoms with E-state index in [1.165, 1.54) is 23.5 Å².